The Labute approximate surface area is 248 Å². The molecule has 4 rings (SSSR count). The molecular formula is C31H33BrN6O3. The summed E-state index contributed by atoms with van der Waals surface area (Å²) in [5.41, 5.74) is 4.78. The average molecular weight is 618 g/mol. The third-order valence-electron chi connectivity index (χ3n) is 6.36. The summed E-state index contributed by atoms with van der Waals surface area (Å²) in [5, 5.41) is 16.9. The van der Waals surface area contributed by atoms with E-state index in [9.17, 15) is 10.1 Å². The molecule has 2 heterocycles. The third-order valence-corrected chi connectivity index (χ3v) is 6.98. The van der Waals surface area contributed by atoms with Crippen LogP contribution in [0.5, 0.6) is 11.5 Å². The average Bonchev–Trinajstić information content (AvgIpc) is 2.94. The molecule has 0 aliphatic carbocycles. The van der Waals surface area contributed by atoms with E-state index in [-0.39, 0.29) is 5.91 Å². The smallest absolute Gasteiger partial charge is 0.224 e. The molecule has 0 aliphatic heterocycles. The second-order valence-electron chi connectivity index (χ2n) is 9.74. The highest BCUT2D eigenvalue weighted by atomic mass is 79.9. The molecule has 0 atom stereocenters. The monoisotopic (exact) mass is 616 g/mol. The SMILES string of the molecule is CCOc1cc2ncc(C#N)c(Nc3ccc(OCc4ncccc4C)c(Br)c3)c2cc1NC(=O)CCCN(C)C. The molecule has 0 radical (unpaired) electrons. The fraction of sp³-hybridized carbons (Fsp3) is 0.290. The summed E-state index contributed by atoms with van der Waals surface area (Å²) in [6.45, 7) is 5.47. The maximum atomic E-state index is 12.7. The van der Waals surface area contributed by atoms with Gasteiger partial charge in [-0.3, -0.25) is 14.8 Å². The van der Waals surface area contributed by atoms with Crippen LogP contribution in [-0.2, 0) is 11.4 Å². The highest BCUT2D eigenvalue weighted by Gasteiger charge is 2.16. The van der Waals surface area contributed by atoms with E-state index in [0.29, 0.717) is 59.0 Å². The highest BCUT2D eigenvalue weighted by Crippen LogP contribution is 2.37. The van der Waals surface area contributed by atoms with Gasteiger partial charge in [-0.2, -0.15) is 5.26 Å². The van der Waals surface area contributed by atoms with Gasteiger partial charge < -0.3 is 25.0 Å². The Bertz CT molecular complexity index is 1580. The van der Waals surface area contributed by atoms with Crippen molar-refractivity contribution in [2.45, 2.75) is 33.3 Å². The molecule has 0 bridgehead atoms. The zero-order chi connectivity index (χ0) is 29.4. The first kappa shape index (κ1) is 29.8. The third kappa shape index (κ3) is 7.72. The van der Waals surface area contributed by atoms with E-state index in [0.717, 1.165) is 34.4 Å². The first-order chi connectivity index (χ1) is 19.8. The number of carbonyl (C=O) groups excluding carboxylic acids is 1. The summed E-state index contributed by atoms with van der Waals surface area (Å²) in [7, 11) is 3.95. The Hall–Kier alpha value is -4.20. The number of aryl methyl sites for hydroxylation is 1. The van der Waals surface area contributed by atoms with E-state index < -0.39 is 0 Å². The molecule has 0 saturated carbocycles. The Morgan fingerprint density at radius 1 is 1.12 bits per heavy atom. The van der Waals surface area contributed by atoms with Crippen molar-refractivity contribution in [3.05, 3.63) is 76.2 Å². The van der Waals surface area contributed by atoms with Crippen LogP contribution in [0.1, 0.15) is 36.6 Å². The number of pyridine rings is 2. The molecule has 0 spiro atoms. The fourth-order valence-electron chi connectivity index (χ4n) is 4.24. The van der Waals surface area contributed by atoms with Crippen molar-refractivity contribution in [1.29, 1.82) is 5.26 Å². The first-order valence-electron chi connectivity index (χ1n) is 13.3. The number of hydrogen-bond donors (Lipinski definition) is 2. The van der Waals surface area contributed by atoms with E-state index >= 15 is 0 Å². The van der Waals surface area contributed by atoms with Crippen molar-refractivity contribution in [2.24, 2.45) is 0 Å². The lowest BCUT2D eigenvalue weighted by Crippen LogP contribution is -2.17. The number of carbonyl (C=O) groups is 1. The zero-order valence-electron chi connectivity index (χ0n) is 23.6. The number of amides is 1. The van der Waals surface area contributed by atoms with E-state index in [4.69, 9.17) is 9.47 Å². The topological polar surface area (TPSA) is 112 Å². The molecule has 2 N–H and O–H groups in total. The van der Waals surface area contributed by atoms with E-state index in [1.807, 2.05) is 69.2 Å². The number of hydrogen-bond acceptors (Lipinski definition) is 8. The predicted molar refractivity (Wildman–Crippen MR) is 165 cm³/mol. The van der Waals surface area contributed by atoms with Crippen molar-refractivity contribution in [3.63, 3.8) is 0 Å². The molecular weight excluding hydrogens is 584 g/mol. The van der Waals surface area contributed by atoms with Crippen LogP contribution in [0.3, 0.4) is 0 Å². The second-order valence-corrected chi connectivity index (χ2v) is 10.6. The molecule has 41 heavy (non-hydrogen) atoms. The summed E-state index contributed by atoms with van der Waals surface area (Å²) >= 11 is 3.60. The number of aromatic nitrogens is 2. The minimum Gasteiger partial charge on any atom is -0.492 e. The van der Waals surface area contributed by atoms with Crippen LogP contribution in [0.15, 0.2) is 59.3 Å². The molecule has 1 amide bonds. The van der Waals surface area contributed by atoms with E-state index in [1.165, 1.54) is 6.20 Å². The van der Waals surface area contributed by atoms with Crippen LogP contribution in [0.2, 0.25) is 0 Å². The molecule has 2 aromatic heterocycles. The number of rotatable bonds is 12. The van der Waals surface area contributed by atoms with Crippen molar-refractivity contribution in [3.8, 4) is 17.6 Å². The maximum Gasteiger partial charge on any atom is 0.224 e. The van der Waals surface area contributed by atoms with Crippen LogP contribution in [0.25, 0.3) is 10.9 Å². The van der Waals surface area contributed by atoms with Gasteiger partial charge in [0.25, 0.3) is 0 Å². The van der Waals surface area contributed by atoms with Gasteiger partial charge in [-0.25, -0.2) is 0 Å². The Morgan fingerprint density at radius 2 is 1.95 bits per heavy atom. The van der Waals surface area contributed by atoms with Crippen molar-refractivity contribution in [2.75, 3.05) is 37.9 Å². The molecule has 0 unspecified atom stereocenters. The van der Waals surface area contributed by atoms with Gasteiger partial charge in [0.05, 0.1) is 39.2 Å². The molecule has 4 aromatic rings. The number of nitrogens with one attached hydrogen (secondary N) is 2. The minimum atomic E-state index is -0.105. The number of benzene rings is 2. The molecule has 10 heteroatoms. The van der Waals surface area contributed by atoms with Gasteiger partial charge in [0.2, 0.25) is 5.91 Å². The van der Waals surface area contributed by atoms with Gasteiger partial charge in [0.1, 0.15) is 24.2 Å². The van der Waals surface area contributed by atoms with Crippen LogP contribution >= 0.6 is 15.9 Å². The zero-order valence-corrected chi connectivity index (χ0v) is 25.2. The number of anilines is 3. The number of ether oxygens (including phenoxy) is 2. The van der Waals surface area contributed by atoms with Crippen LogP contribution < -0.4 is 20.1 Å². The molecule has 0 saturated heterocycles. The summed E-state index contributed by atoms with van der Waals surface area (Å²) in [5.74, 6) is 1.09. The van der Waals surface area contributed by atoms with Gasteiger partial charge in [0, 0.05) is 36.0 Å². The summed E-state index contributed by atoms with van der Waals surface area (Å²) < 4.78 is 12.6. The molecule has 0 fully saturated rings. The minimum absolute atomic E-state index is 0.105. The Balaban J connectivity index is 1.62. The van der Waals surface area contributed by atoms with Crippen LogP contribution in [-0.4, -0.2) is 48.0 Å². The Morgan fingerprint density at radius 3 is 2.66 bits per heavy atom. The fourth-order valence-corrected chi connectivity index (χ4v) is 4.73. The lowest BCUT2D eigenvalue weighted by molar-refractivity contribution is -0.116. The van der Waals surface area contributed by atoms with Gasteiger partial charge >= 0.3 is 0 Å². The molecule has 212 valence electrons. The van der Waals surface area contributed by atoms with Crippen LogP contribution in [0, 0.1) is 18.3 Å². The summed E-state index contributed by atoms with van der Waals surface area (Å²) in [6, 6.07) is 15.3. The quantitative estimate of drug-likeness (QED) is 0.184. The van der Waals surface area contributed by atoms with Crippen molar-refractivity contribution < 1.29 is 14.3 Å². The van der Waals surface area contributed by atoms with E-state index in [1.54, 1.807) is 12.3 Å². The predicted octanol–water partition coefficient (Wildman–Crippen LogP) is 6.57. The largest absolute Gasteiger partial charge is 0.492 e. The normalized spacial score (nSPS) is 10.9. The lowest BCUT2D eigenvalue weighted by Gasteiger charge is -2.17. The van der Waals surface area contributed by atoms with Gasteiger partial charge in [-0.05, 0) is 92.7 Å². The van der Waals surface area contributed by atoms with Gasteiger partial charge in [-0.1, -0.05) is 6.07 Å². The number of nitriles is 1. The maximum absolute atomic E-state index is 12.7. The lowest BCUT2D eigenvalue weighted by atomic mass is 10.1. The van der Waals surface area contributed by atoms with E-state index in [2.05, 4.69) is 42.6 Å². The molecule has 0 aliphatic rings. The standard InChI is InChI=1S/C31H33BrN6O3/c1-5-40-29-16-25-23(15-26(29)37-30(39)9-7-13-38(3)4)31(21(17-33)18-35-25)36-22-10-11-28(24(32)14-22)41-19-27-20(2)8-6-12-34-27/h6,8,10-12,14-16,18H,5,7,9,13,19H2,1-4H3,(H,35,36)(H,37,39). The Kier molecular flexibility index (Phi) is 10.1. The highest BCUT2D eigenvalue weighted by molar-refractivity contribution is 9.10. The molecule has 2 aromatic carbocycles. The molecule has 9 nitrogen and oxygen atoms in total. The number of nitrogens with zero attached hydrogens (tertiary/aromatic N) is 4. The summed E-state index contributed by atoms with van der Waals surface area (Å²) in [4.78, 5) is 23.6. The van der Waals surface area contributed by atoms with Gasteiger partial charge in [-0.15, -0.1) is 0 Å². The van der Waals surface area contributed by atoms with Gasteiger partial charge in [0.15, 0.2) is 0 Å². The first-order valence-corrected chi connectivity index (χ1v) is 14.1. The van der Waals surface area contributed by atoms with Crippen molar-refractivity contribution in [1.82, 2.24) is 14.9 Å². The summed E-state index contributed by atoms with van der Waals surface area (Å²) in [6.07, 6.45) is 4.39. The number of halogens is 1. The second kappa shape index (κ2) is 13.9. The van der Waals surface area contributed by atoms with Crippen molar-refractivity contribution >= 4 is 49.8 Å². The number of fused-ring (bicyclic) bond motifs is 1. The van der Waals surface area contributed by atoms with Crippen LogP contribution in [0.4, 0.5) is 17.1 Å².